The lowest BCUT2D eigenvalue weighted by atomic mass is 9.78. The number of Topliss-reactive ketones (excluding diaryl/α,β-unsaturated/α-hetero) is 3. The van der Waals surface area contributed by atoms with Crippen LogP contribution >= 0.6 is 0 Å². The topological polar surface area (TPSA) is 194 Å². The highest BCUT2D eigenvalue weighted by Crippen LogP contribution is 2.39. The summed E-state index contributed by atoms with van der Waals surface area (Å²) in [4.78, 5) is 72.8. The molecule has 16 heteroatoms. The number of nitrogens with zero attached hydrogens (tertiary/aromatic N) is 1. The molecule has 15 nitrogen and oxygen atoms in total. The van der Waals surface area contributed by atoms with E-state index in [1.807, 2.05) is 58.1 Å². The quantitative estimate of drug-likeness (QED) is 0.0617. The molecule has 0 aromatic heterocycles. The molecular formula is C60H99NO14Si. The summed E-state index contributed by atoms with van der Waals surface area (Å²) >= 11 is 0. The second kappa shape index (κ2) is 29.9. The maximum atomic E-state index is 14.6. The molecule has 1 aliphatic carbocycles. The zero-order chi connectivity index (χ0) is 56.7. The molecule has 3 aliphatic heterocycles. The molecule has 0 aromatic rings. The molecule has 0 aromatic carbocycles. The van der Waals surface area contributed by atoms with Gasteiger partial charge in [0, 0.05) is 71.7 Å². The van der Waals surface area contributed by atoms with Gasteiger partial charge in [-0.05, 0) is 132 Å². The summed E-state index contributed by atoms with van der Waals surface area (Å²) in [6.45, 7) is 25.3. The Bertz CT molecular complexity index is 2040. The first-order valence-electron chi connectivity index (χ1n) is 28.4. The number of cyclic esters (lactones) is 1. The summed E-state index contributed by atoms with van der Waals surface area (Å²) in [6, 6.07) is -1.14. The van der Waals surface area contributed by atoms with Crippen molar-refractivity contribution in [2.45, 2.75) is 225 Å². The normalized spacial score (nSPS) is 35.7. The van der Waals surface area contributed by atoms with Crippen molar-refractivity contribution in [2.75, 3.05) is 41.1 Å². The number of fused-ring (bicyclic) bond motifs is 3. The Balaban J connectivity index is 1.64. The second-order valence-corrected chi connectivity index (χ2v) is 29.2. The van der Waals surface area contributed by atoms with Crippen LogP contribution in [0.5, 0.6) is 0 Å². The van der Waals surface area contributed by atoms with Crippen LogP contribution in [0.15, 0.2) is 47.6 Å². The van der Waals surface area contributed by atoms with Crippen molar-refractivity contribution in [3.8, 4) is 0 Å². The van der Waals surface area contributed by atoms with Gasteiger partial charge in [0.25, 0.3) is 11.7 Å². The predicted octanol–water partition coefficient (Wildman–Crippen LogP) is 9.62. The molecule has 0 spiro atoms. The molecule has 0 radical (unpaired) electrons. The summed E-state index contributed by atoms with van der Waals surface area (Å²) in [6.07, 6.45) is 13.3. The average molecular weight is 1090 g/mol. The van der Waals surface area contributed by atoms with Crippen molar-refractivity contribution in [3.05, 3.63) is 47.6 Å². The van der Waals surface area contributed by atoms with Crippen molar-refractivity contribution >= 4 is 37.5 Å². The lowest BCUT2D eigenvalue weighted by Gasteiger charge is -2.42. The first-order valence-corrected chi connectivity index (χ1v) is 31.3. The molecule has 4 aliphatic rings. The van der Waals surface area contributed by atoms with Crippen molar-refractivity contribution in [3.63, 3.8) is 0 Å². The Labute approximate surface area is 457 Å². The molecule has 1 unspecified atom stereocenters. The van der Waals surface area contributed by atoms with Crippen LogP contribution < -0.4 is 0 Å². The van der Waals surface area contributed by atoms with E-state index in [0.717, 1.165) is 24.8 Å². The summed E-state index contributed by atoms with van der Waals surface area (Å²) in [5, 5.41) is 23.7. The van der Waals surface area contributed by atoms with Crippen molar-refractivity contribution < 1.29 is 67.0 Å². The highest BCUT2D eigenvalue weighted by Gasteiger charge is 2.53. The van der Waals surface area contributed by atoms with E-state index < -0.39 is 86.1 Å². The Morgan fingerprint density at radius 1 is 0.842 bits per heavy atom. The van der Waals surface area contributed by atoms with Gasteiger partial charge in [-0.3, -0.25) is 19.2 Å². The van der Waals surface area contributed by atoms with Gasteiger partial charge in [0.1, 0.15) is 30.1 Å². The number of aliphatic hydroxyl groups is 2. The molecule has 4 rings (SSSR count). The minimum absolute atomic E-state index is 0.0172. The summed E-state index contributed by atoms with van der Waals surface area (Å²) < 4.78 is 42.9. The van der Waals surface area contributed by atoms with E-state index in [1.54, 1.807) is 41.1 Å². The lowest BCUT2D eigenvalue weighted by molar-refractivity contribution is -0.265. The second-order valence-electron chi connectivity index (χ2n) is 24.4. The molecule has 3 heterocycles. The molecule has 3 fully saturated rings. The molecule has 2 N–H and O–H groups in total. The number of aliphatic hydroxyl groups excluding tert-OH is 1. The third kappa shape index (κ3) is 17.9. The molecule has 1 saturated carbocycles. The van der Waals surface area contributed by atoms with Gasteiger partial charge in [-0.25, -0.2) is 4.79 Å². The number of esters is 1. The fourth-order valence-corrected chi connectivity index (χ4v) is 12.2. The summed E-state index contributed by atoms with van der Waals surface area (Å²) in [5.41, 5.74) is 1.28. The Morgan fingerprint density at radius 2 is 1.55 bits per heavy atom. The van der Waals surface area contributed by atoms with Crippen LogP contribution in [0, 0.1) is 35.5 Å². The number of amides is 1. The highest BCUT2D eigenvalue weighted by molar-refractivity contribution is 6.74. The largest absolute Gasteiger partial charge is 0.460 e. The summed E-state index contributed by atoms with van der Waals surface area (Å²) in [7, 11) is 2.81. The van der Waals surface area contributed by atoms with Gasteiger partial charge in [-0.15, -0.1) is 0 Å². The number of ketones is 3. The van der Waals surface area contributed by atoms with Gasteiger partial charge in [0.2, 0.25) is 5.79 Å². The number of carbonyl (C=O) groups excluding carboxylic acids is 5. The van der Waals surface area contributed by atoms with E-state index in [0.29, 0.717) is 70.2 Å². The van der Waals surface area contributed by atoms with Crippen molar-refractivity contribution in [2.24, 2.45) is 35.5 Å². The lowest BCUT2D eigenvalue weighted by Crippen LogP contribution is -2.61. The average Bonchev–Trinajstić information content (AvgIpc) is 3.37. The smallest absolute Gasteiger partial charge is 0.329 e. The van der Waals surface area contributed by atoms with Crippen molar-refractivity contribution in [1.82, 2.24) is 4.90 Å². The fraction of sp³-hybridized carbons (Fsp3) is 0.783. The first kappa shape index (κ1) is 65.3. The maximum absolute atomic E-state index is 14.6. The maximum Gasteiger partial charge on any atom is 0.329 e. The van der Waals surface area contributed by atoms with Crippen LogP contribution in [0.25, 0.3) is 0 Å². The Morgan fingerprint density at radius 3 is 2.21 bits per heavy atom. The Kier molecular flexibility index (Phi) is 25.7. The van der Waals surface area contributed by atoms with Crippen molar-refractivity contribution in [1.29, 1.82) is 0 Å². The number of methoxy groups -OCH3 is 3. The molecule has 15 atom stereocenters. The van der Waals surface area contributed by atoms with Gasteiger partial charge in [-0.1, -0.05) is 91.8 Å². The van der Waals surface area contributed by atoms with Gasteiger partial charge in [-0.2, -0.15) is 0 Å². The molecule has 432 valence electrons. The standard InChI is InChI=1S/C60H99NO14Si/c1-38-22-17-16-18-23-39(2)50(69-11)36-46-27-25-44(7)60(68,75-46)56(65)57(66)61-29-20-19-24-47(61)58(67)74-51(37-48(62)40(3)33-43(6)54(64)55(71-13)53(63)42(5)32-38)41(4)34-45-26-28-49(52(35-45)70-12)72-30-21-31-73-76(14,15)59(8,9)10/h16-18,22-23,33,38,40-42,44-47,49-52,54-55,64,68H,19-21,24-32,34-37H2,1-15H3/b18-16?,22-17+,39-23?,43-33+/t38-,40-,41-,42-,44?,45+,46+,47+,49-,50+,51+,52-,54-,55+,60-/m1/s1. The number of piperidine rings is 1. The minimum Gasteiger partial charge on any atom is -0.460 e. The summed E-state index contributed by atoms with van der Waals surface area (Å²) in [5.74, 6) is -7.85. The molecule has 76 heavy (non-hydrogen) atoms. The van der Waals surface area contributed by atoms with Gasteiger partial charge in [0.15, 0.2) is 14.1 Å². The highest BCUT2D eigenvalue weighted by atomic mass is 28.4. The molecule has 2 saturated heterocycles. The number of hydrogen-bond donors (Lipinski definition) is 2. The van der Waals surface area contributed by atoms with Gasteiger partial charge >= 0.3 is 5.97 Å². The number of carbonyl (C=O) groups is 5. The zero-order valence-electron chi connectivity index (χ0n) is 49.1. The van der Waals surface area contributed by atoms with Crippen LogP contribution in [0.3, 0.4) is 0 Å². The van der Waals surface area contributed by atoms with Crippen LogP contribution in [-0.4, -0.2) is 148 Å². The molecule has 1 amide bonds. The van der Waals surface area contributed by atoms with Crippen LogP contribution in [0.2, 0.25) is 18.1 Å². The van der Waals surface area contributed by atoms with Crippen LogP contribution in [-0.2, 0) is 56.8 Å². The molecule has 2 bridgehead atoms. The van der Waals surface area contributed by atoms with E-state index >= 15 is 0 Å². The number of rotatable bonds is 12. The van der Waals surface area contributed by atoms with Crippen LogP contribution in [0.4, 0.5) is 0 Å². The minimum atomic E-state index is -2.43. The Hall–Kier alpha value is -3.19. The van der Waals surface area contributed by atoms with E-state index in [1.165, 1.54) is 12.0 Å². The molecular weight excluding hydrogens is 987 g/mol. The van der Waals surface area contributed by atoms with E-state index in [9.17, 15) is 34.2 Å². The number of hydrogen-bond acceptors (Lipinski definition) is 14. The predicted molar refractivity (Wildman–Crippen MR) is 297 cm³/mol. The number of ether oxygens (including phenoxy) is 6. The zero-order valence-corrected chi connectivity index (χ0v) is 50.1. The van der Waals surface area contributed by atoms with Crippen LogP contribution in [0.1, 0.15) is 153 Å². The third-order valence-electron chi connectivity index (χ3n) is 17.3. The monoisotopic (exact) mass is 1090 g/mol. The fourth-order valence-electron chi connectivity index (χ4n) is 11.1. The van der Waals surface area contributed by atoms with E-state index in [4.69, 9.17) is 32.8 Å². The van der Waals surface area contributed by atoms with Gasteiger partial charge < -0.3 is 48.0 Å². The first-order chi connectivity index (χ1) is 35.7. The van der Waals surface area contributed by atoms with E-state index in [2.05, 4.69) is 33.9 Å². The third-order valence-corrected chi connectivity index (χ3v) is 21.9. The number of allylic oxidation sites excluding steroid dienone is 6. The SMILES string of the molecule is CO[C@H]1C[C@@H]2CCC(C)[C@@](O)(O2)C(=O)C(=O)N2CCCC[C@H]2C(=O)O[C@H]([C@H](C)C[C@@H]2CC[C@@H](OCCCO[Si](C)(C)C(C)(C)C)[C@H](OC)C2)CC(=O)[C@H](C)/C=C(\C)[C@@H](O)[C@@H](OC)C(=O)[C@H](C)C[C@H](C)/C=C/C=CC=C1C. The van der Waals surface area contributed by atoms with Gasteiger partial charge in [0.05, 0.1) is 24.4 Å². The van der Waals surface area contributed by atoms with E-state index in [-0.39, 0.29) is 66.0 Å².